The second-order valence-electron chi connectivity index (χ2n) is 4.16. The highest BCUT2D eigenvalue weighted by molar-refractivity contribution is 5.13. The predicted molar refractivity (Wildman–Crippen MR) is 65.2 cm³/mol. The predicted octanol–water partition coefficient (Wildman–Crippen LogP) is 1.56. The Labute approximate surface area is 97.4 Å². The Bertz CT molecular complexity index is 275. The molecule has 0 saturated heterocycles. The number of aliphatic hydroxyl groups is 1. The maximum absolute atomic E-state index is 9.10. The zero-order valence-corrected chi connectivity index (χ0v) is 10.0. The van der Waals surface area contributed by atoms with Crippen molar-refractivity contribution in [2.45, 2.75) is 32.6 Å². The van der Waals surface area contributed by atoms with Crippen molar-refractivity contribution in [1.82, 2.24) is 5.32 Å². The highest BCUT2D eigenvalue weighted by atomic mass is 16.5. The Morgan fingerprint density at radius 3 is 2.56 bits per heavy atom. The normalized spacial score (nSPS) is 14.7. The highest BCUT2D eigenvalue weighted by Gasteiger charge is 2.03. The van der Waals surface area contributed by atoms with E-state index in [1.165, 1.54) is 5.56 Å². The molecule has 1 rings (SSSR count). The fourth-order valence-electron chi connectivity index (χ4n) is 1.36. The third-order valence-electron chi connectivity index (χ3n) is 2.24. The number of hydrogen-bond acceptors (Lipinski definition) is 3. The summed E-state index contributed by atoms with van der Waals surface area (Å²) in [5, 5.41) is 12.3. The van der Waals surface area contributed by atoms with Gasteiger partial charge in [0, 0.05) is 12.6 Å². The van der Waals surface area contributed by atoms with Gasteiger partial charge in [-0.3, -0.25) is 0 Å². The molecule has 3 heteroatoms. The van der Waals surface area contributed by atoms with Gasteiger partial charge in [0.15, 0.2) is 0 Å². The quantitative estimate of drug-likeness (QED) is 0.737. The molecule has 16 heavy (non-hydrogen) atoms. The third-order valence-corrected chi connectivity index (χ3v) is 2.24. The topological polar surface area (TPSA) is 41.5 Å². The van der Waals surface area contributed by atoms with E-state index in [1.807, 2.05) is 37.3 Å². The summed E-state index contributed by atoms with van der Waals surface area (Å²) < 4.78 is 5.57. The van der Waals surface area contributed by atoms with Crippen LogP contribution in [0.3, 0.4) is 0 Å². The van der Waals surface area contributed by atoms with Crippen LogP contribution in [0.1, 0.15) is 19.4 Å². The molecule has 0 amide bonds. The second-order valence-corrected chi connectivity index (χ2v) is 4.16. The lowest BCUT2D eigenvalue weighted by atomic mass is 10.2. The molecular weight excluding hydrogens is 202 g/mol. The van der Waals surface area contributed by atoms with Gasteiger partial charge >= 0.3 is 0 Å². The van der Waals surface area contributed by atoms with Gasteiger partial charge in [0.1, 0.15) is 0 Å². The molecule has 0 aliphatic heterocycles. The molecule has 0 aromatic heterocycles. The summed E-state index contributed by atoms with van der Waals surface area (Å²) >= 11 is 0. The summed E-state index contributed by atoms with van der Waals surface area (Å²) in [7, 11) is 0. The van der Waals surface area contributed by atoms with Gasteiger partial charge in [-0.2, -0.15) is 0 Å². The SMILES string of the molecule is CC(COCc1ccccc1)NC[C@@H](C)O. The molecule has 1 unspecified atom stereocenters. The minimum absolute atomic E-state index is 0.262. The average Bonchev–Trinajstić information content (AvgIpc) is 2.28. The molecule has 0 fully saturated rings. The first-order chi connectivity index (χ1) is 7.68. The van der Waals surface area contributed by atoms with Crippen molar-refractivity contribution in [2.75, 3.05) is 13.2 Å². The van der Waals surface area contributed by atoms with Crippen LogP contribution < -0.4 is 5.32 Å². The van der Waals surface area contributed by atoms with Gasteiger partial charge in [0.05, 0.1) is 19.3 Å². The Balaban J connectivity index is 2.11. The molecule has 0 aliphatic rings. The smallest absolute Gasteiger partial charge is 0.0717 e. The molecule has 0 spiro atoms. The van der Waals surface area contributed by atoms with E-state index in [4.69, 9.17) is 9.84 Å². The van der Waals surface area contributed by atoms with Crippen molar-refractivity contribution < 1.29 is 9.84 Å². The summed E-state index contributed by atoms with van der Waals surface area (Å²) in [6.45, 7) is 5.72. The van der Waals surface area contributed by atoms with Crippen molar-refractivity contribution in [3.05, 3.63) is 35.9 Å². The first-order valence-corrected chi connectivity index (χ1v) is 5.71. The molecular formula is C13H21NO2. The van der Waals surface area contributed by atoms with Crippen molar-refractivity contribution in [3.63, 3.8) is 0 Å². The molecule has 1 aromatic carbocycles. The third kappa shape index (κ3) is 5.85. The molecule has 0 bridgehead atoms. The first-order valence-electron chi connectivity index (χ1n) is 5.71. The largest absolute Gasteiger partial charge is 0.392 e. The number of nitrogens with one attached hydrogen (secondary N) is 1. The van der Waals surface area contributed by atoms with Gasteiger partial charge in [-0.25, -0.2) is 0 Å². The zero-order valence-electron chi connectivity index (χ0n) is 10.0. The lowest BCUT2D eigenvalue weighted by Gasteiger charge is -2.15. The number of rotatable bonds is 7. The molecule has 2 N–H and O–H groups in total. The van der Waals surface area contributed by atoms with Gasteiger partial charge < -0.3 is 15.2 Å². The van der Waals surface area contributed by atoms with Crippen molar-refractivity contribution in [3.8, 4) is 0 Å². The molecule has 0 heterocycles. The van der Waals surface area contributed by atoms with E-state index in [1.54, 1.807) is 6.92 Å². The summed E-state index contributed by atoms with van der Waals surface area (Å²) in [5.74, 6) is 0. The van der Waals surface area contributed by atoms with Crippen LogP contribution in [-0.2, 0) is 11.3 Å². The summed E-state index contributed by atoms with van der Waals surface area (Å²) in [6, 6.07) is 10.4. The number of hydrogen-bond donors (Lipinski definition) is 2. The van der Waals surface area contributed by atoms with Gasteiger partial charge in [-0.15, -0.1) is 0 Å². The minimum Gasteiger partial charge on any atom is -0.392 e. The Hall–Kier alpha value is -0.900. The molecule has 0 aliphatic carbocycles. The van der Waals surface area contributed by atoms with E-state index < -0.39 is 0 Å². The minimum atomic E-state index is -0.309. The summed E-state index contributed by atoms with van der Waals surface area (Å²) in [5.41, 5.74) is 1.19. The van der Waals surface area contributed by atoms with Gasteiger partial charge in [-0.1, -0.05) is 30.3 Å². The van der Waals surface area contributed by atoms with Crippen molar-refractivity contribution >= 4 is 0 Å². The van der Waals surface area contributed by atoms with E-state index >= 15 is 0 Å². The number of aliphatic hydroxyl groups excluding tert-OH is 1. The maximum Gasteiger partial charge on any atom is 0.0717 e. The van der Waals surface area contributed by atoms with Crippen molar-refractivity contribution in [2.24, 2.45) is 0 Å². The lowest BCUT2D eigenvalue weighted by Crippen LogP contribution is -2.35. The van der Waals surface area contributed by atoms with Gasteiger partial charge in [-0.05, 0) is 19.4 Å². The maximum atomic E-state index is 9.10. The van der Waals surface area contributed by atoms with Gasteiger partial charge in [0.2, 0.25) is 0 Å². The van der Waals surface area contributed by atoms with Crippen LogP contribution in [0.25, 0.3) is 0 Å². The van der Waals surface area contributed by atoms with Crippen LogP contribution in [-0.4, -0.2) is 30.4 Å². The van der Waals surface area contributed by atoms with E-state index in [2.05, 4.69) is 5.32 Å². The van der Waals surface area contributed by atoms with E-state index in [0.717, 1.165) is 0 Å². The monoisotopic (exact) mass is 223 g/mol. The lowest BCUT2D eigenvalue weighted by molar-refractivity contribution is 0.0970. The van der Waals surface area contributed by atoms with Gasteiger partial charge in [0.25, 0.3) is 0 Å². The summed E-state index contributed by atoms with van der Waals surface area (Å²) in [4.78, 5) is 0. The van der Waals surface area contributed by atoms with Crippen LogP contribution in [0.5, 0.6) is 0 Å². The highest BCUT2D eigenvalue weighted by Crippen LogP contribution is 2.00. The molecule has 0 radical (unpaired) electrons. The molecule has 0 saturated carbocycles. The van der Waals surface area contributed by atoms with E-state index in [0.29, 0.717) is 19.8 Å². The number of ether oxygens (including phenoxy) is 1. The Morgan fingerprint density at radius 2 is 1.94 bits per heavy atom. The Morgan fingerprint density at radius 1 is 1.25 bits per heavy atom. The fraction of sp³-hybridized carbons (Fsp3) is 0.538. The van der Waals surface area contributed by atoms with Crippen molar-refractivity contribution in [1.29, 1.82) is 0 Å². The summed E-state index contributed by atoms with van der Waals surface area (Å²) in [6.07, 6.45) is -0.309. The molecule has 90 valence electrons. The zero-order chi connectivity index (χ0) is 11.8. The molecule has 1 aromatic rings. The standard InChI is InChI=1S/C13H21NO2/c1-11(14-8-12(2)15)9-16-10-13-6-4-3-5-7-13/h3-7,11-12,14-15H,8-10H2,1-2H3/t11?,12-/m1/s1. The second kappa shape index (κ2) is 7.39. The first kappa shape index (κ1) is 13.2. The molecule has 2 atom stereocenters. The molecule has 3 nitrogen and oxygen atoms in total. The Kier molecular flexibility index (Phi) is 6.08. The number of benzene rings is 1. The van der Waals surface area contributed by atoms with Crippen LogP contribution in [0.4, 0.5) is 0 Å². The fourth-order valence-corrected chi connectivity index (χ4v) is 1.36. The van der Waals surface area contributed by atoms with Crippen LogP contribution in [0.2, 0.25) is 0 Å². The van der Waals surface area contributed by atoms with Crippen LogP contribution in [0.15, 0.2) is 30.3 Å². The van der Waals surface area contributed by atoms with E-state index in [-0.39, 0.29) is 12.1 Å². The van der Waals surface area contributed by atoms with E-state index in [9.17, 15) is 0 Å². The average molecular weight is 223 g/mol. The van der Waals surface area contributed by atoms with Crippen LogP contribution >= 0.6 is 0 Å². The van der Waals surface area contributed by atoms with Crippen LogP contribution in [0, 0.1) is 0 Å².